The Hall–Kier alpha value is -2.00. The standard InChI is InChI=1S/C24H34N2O/c1-5-10-18-16-21-19-12-7-8-13-22(19)26-23(21)20(11-6-2)24(18)27-15-9-14-25-17(3)4/h7-8,12-13,16-17,25-26H,5-6,9-11,14-15H2,1-4H3. The first-order chi connectivity index (χ1) is 13.2. The summed E-state index contributed by atoms with van der Waals surface area (Å²) in [6.45, 7) is 10.6. The average Bonchev–Trinajstić information content (AvgIpc) is 3.02. The van der Waals surface area contributed by atoms with Crippen LogP contribution in [0.4, 0.5) is 0 Å². The SMILES string of the molecule is CCCc1cc2c([nH]c3ccccc32)c(CCC)c1OCCCNC(C)C. The van der Waals surface area contributed by atoms with Gasteiger partial charge in [0.15, 0.2) is 0 Å². The van der Waals surface area contributed by atoms with Crippen molar-refractivity contribution in [3.63, 3.8) is 0 Å². The lowest BCUT2D eigenvalue weighted by molar-refractivity contribution is 0.300. The summed E-state index contributed by atoms with van der Waals surface area (Å²) in [6, 6.07) is 11.5. The molecule has 0 unspecified atom stereocenters. The van der Waals surface area contributed by atoms with Crippen LogP contribution in [0, 0.1) is 0 Å². The molecule has 3 nitrogen and oxygen atoms in total. The lowest BCUT2D eigenvalue weighted by Gasteiger charge is -2.17. The number of aryl methyl sites for hydroxylation is 2. The molecule has 2 N–H and O–H groups in total. The molecule has 1 aromatic heterocycles. The van der Waals surface area contributed by atoms with Crippen molar-refractivity contribution in [2.24, 2.45) is 0 Å². The Balaban J connectivity index is 1.99. The van der Waals surface area contributed by atoms with Gasteiger partial charge in [-0.05, 0) is 43.5 Å². The van der Waals surface area contributed by atoms with Crippen LogP contribution in [-0.2, 0) is 12.8 Å². The van der Waals surface area contributed by atoms with Crippen LogP contribution >= 0.6 is 0 Å². The number of nitrogens with one attached hydrogen (secondary N) is 2. The number of rotatable bonds is 10. The Morgan fingerprint density at radius 2 is 1.81 bits per heavy atom. The Morgan fingerprint density at radius 3 is 2.56 bits per heavy atom. The van der Waals surface area contributed by atoms with Gasteiger partial charge in [-0.1, -0.05) is 58.7 Å². The number of hydrogen-bond donors (Lipinski definition) is 2. The molecule has 0 spiro atoms. The molecule has 3 aromatic rings. The van der Waals surface area contributed by atoms with Crippen LogP contribution in [0.5, 0.6) is 5.75 Å². The Bertz CT molecular complexity index is 879. The molecular formula is C24H34N2O. The summed E-state index contributed by atoms with van der Waals surface area (Å²) in [6.07, 6.45) is 5.38. The van der Waals surface area contributed by atoms with Gasteiger partial charge in [0, 0.05) is 27.9 Å². The van der Waals surface area contributed by atoms with Gasteiger partial charge in [0.05, 0.1) is 12.1 Å². The molecule has 3 rings (SSSR count). The largest absolute Gasteiger partial charge is 0.493 e. The van der Waals surface area contributed by atoms with Crippen LogP contribution in [0.2, 0.25) is 0 Å². The third kappa shape index (κ3) is 4.47. The minimum atomic E-state index is 0.527. The van der Waals surface area contributed by atoms with Gasteiger partial charge in [-0.3, -0.25) is 0 Å². The molecule has 0 fully saturated rings. The van der Waals surface area contributed by atoms with E-state index in [0.29, 0.717) is 6.04 Å². The third-order valence-electron chi connectivity index (χ3n) is 5.07. The van der Waals surface area contributed by atoms with Crippen molar-refractivity contribution < 1.29 is 4.74 Å². The van der Waals surface area contributed by atoms with E-state index in [1.54, 1.807) is 0 Å². The molecule has 2 aromatic carbocycles. The molecule has 146 valence electrons. The van der Waals surface area contributed by atoms with Crippen LogP contribution < -0.4 is 10.1 Å². The zero-order valence-electron chi connectivity index (χ0n) is 17.3. The number of para-hydroxylation sites is 1. The van der Waals surface area contributed by atoms with Crippen molar-refractivity contribution in [3.05, 3.63) is 41.5 Å². The monoisotopic (exact) mass is 366 g/mol. The van der Waals surface area contributed by atoms with Crippen molar-refractivity contribution in [1.82, 2.24) is 10.3 Å². The zero-order valence-corrected chi connectivity index (χ0v) is 17.3. The molecule has 1 heterocycles. The van der Waals surface area contributed by atoms with E-state index in [9.17, 15) is 0 Å². The first-order valence-corrected chi connectivity index (χ1v) is 10.6. The minimum Gasteiger partial charge on any atom is -0.493 e. The first-order valence-electron chi connectivity index (χ1n) is 10.6. The van der Waals surface area contributed by atoms with Gasteiger partial charge in [0.1, 0.15) is 5.75 Å². The van der Waals surface area contributed by atoms with Crippen LogP contribution in [0.25, 0.3) is 21.8 Å². The highest BCUT2D eigenvalue weighted by Gasteiger charge is 2.17. The summed E-state index contributed by atoms with van der Waals surface area (Å²) in [5.74, 6) is 1.13. The highest BCUT2D eigenvalue weighted by Crippen LogP contribution is 2.37. The maximum atomic E-state index is 6.40. The molecule has 0 atom stereocenters. The molecule has 0 saturated carbocycles. The summed E-state index contributed by atoms with van der Waals surface area (Å²) in [5.41, 5.74) is 5.18. The van der Waals surface area contributed by atoms with E-state index < -0.39 is 0 Å². The predicted molar refractivity (Wildman–Crippen MR) is 117 cm³/mol. The van der Waals surface area contributed by atoms with E-state index in [0.717, 1.165) is 51.0 Å². The number of ether oxygens (including phenoxy) is 1. The molecule has 0 aliphatic carbocycles. The Labute approximate surface area is 163 Å². The average molecular weight is 367 g/mol. The van der Waals surface area contributed by atoms with E-state index in [1.807, 2.05) is 0 Å². The van der Waals surface area contributed by atoms with Crippen molar-refractivity contribution in [2.75, 3.05) is 13.2 Å². The van der Waals surface area contributed by atoms with E-state index >= 15 is 0 Å². The fourth-order valence-electron chi connectivity index (χ4n) is 3.86. The molecule has 0 radical (unpaired) electrons. The fourth-order valence-corrected chi connectivity index (χ4v) is 3.86. The summed E-state index contributed by atoms with van der Waals surface area (Å²) in [5, 5.41) is 6.13. The van der Waals surface area contributed by atoms with Crippen molar-refractivity contribution in [3.8, 4) is 5.75 Å². The fraction of sp³-hybridized carbons (Fsp3) is 0.500. The van der Waals surface area contributed by atoms with Gasteiger partial charge in [0.2, 0.25) is 0 Å². The van der Waals surface area contributed by atoms with Crippen LogP contribution in [0.1, 0.15) is 58.1 Å². The number of benzene rings is 2. The Morgan fingerprint density at radius 1 is 1.04 bits per heavy atom. The second-order valence-electron chi connectivity index (χ2n) is 7.75. The number of hydrogen-bond acceptors (Lipinski definition) is 2. The Kier molecular flexibility index (Phi) is 6.78. The molecule has 0 aliphatic rings. The topological polar surface area (TPSA) is 37.0 Å². The van der Waals surface area contributed by atoms with E-state index in [2.05, 4.69) is 68.3 Å². The third-order valence-corrected chi connectivity index (χ3v) is 5.07. The predicted octanol–water partition coefficient (Wildman–Crippen LogP) is 5.99. The lowest BCUT2D eigenvalue weighted by Crippen LogP contribution is -2.25. The van der Waals surface area contributed by atoms with Crippen LogP contribution in [0.15, 0.2) is 30.3 Å². The van der Waals surface area contributed by atoms with Gasteiger partial charge >= 0.3 is 0 Å². The second-order valence-corrected chi connectivity index (χ2v) is 7.75. The van der Waals surface area contributed by atoms with Crippen molar-refractivity contribution >= 4 is 21.8 Å². The molecule has 0 bridgehead atoms. The molecule has 27 heavy (non-hydrogen) atoms. The second kappa shape index (κ2) is 9.27. The molecule has 0 saturated heterocycles. The lowest BCUT2D eigenvalue weighted by atomic mass is 9.97. The number of aromatic amines is 1. The van der Waals surface area contributed by atoms with Crippen LogP contribution in [-0.4, -0.2) is 24.2 Å². The number of H-pyrrole nitrogens is 1. The highest BCUT2D eigenvalue weighted by atomic mass is 16.5. The van der Waals surface area contributed by atoms with Gasteiger partial charge in [-0.2, -0.15) is 0 Å². The van der Waals surface area contributed by atoms with E-state index in [1.165, 1.54) is 32.9 Å². The van der Waals surface area contributed by atoms with Crippen LogP contribution in [0.3, 0.4) is 0 Å². The smallest absolute Gasteiger partial charge is 0.127 e. The van der Waals surface area contributed by atoms with Gasteiger partial charge in [-0.25, -0.2) is 0 Å². The normalized spacial score (nSPS) is 11.7. The molecule has 0 amide bonds. The summed E-state index contributed by atoms with van der Waals surface area (Å²) < 4.78 is 6.40. The van der Waals surface area contributed by atoms with Crippen molar-refractivity contribution in [1.29, 1.82) is 0 Å². The van der Waals surface area contributed by atoms with Gasteiger partial charge in [-0.15, -0.1) is 0 Å². The first kappa shape index (κ1) is 19.8. The molecular weight excluding hydrogens is 332 g/mol. The molecule has 0 aliphatic heterocycles. The maximum Gasteiger partial charge on any atom is 0.127 e. The zero-order chi connectivity index (χ0) is 19.2. The summed E-state index contributed by atoms with van der Waals surface area (Å²) in [4.78, 5) is 3.67. The van der Waals surface area contributed by atoms with E-state index in [-0.39, 0.29) is 0 Å². The summed E-state index contributed by atoms with van der Waals surface area (Å²) in [7, 11) is 0. The van der Waals surface area contributed by atoms with Crippen molar-refractivity contribution in [2.45, 2.75) is 65.8 Å². The van der Waals surface area contributed by atoms with Gasteiger partial charge < -0.3 is 15.0 Å². The summed E-state index contributed by atoms with van der Waals surface area (Å²) >= 11 is 0. The van der Waals surface area contributed by atoms with Gasteiger partial charge in [0.25, 0.3) is 0 Å². The number of fused-ring (bicyclic) bond motifs is 3. The highest BCUT2D eigenvalue weighted by molar-refractivity contribution is 6.09. The number of aromatic nitrogens is 1. The maximum absolute atomic E-state index is 6.40. The van der Waals surface area contributed by atoms with E-state index in [4.69, 9.17) is 4.74 Å². The molecule has 3 heteroatoms. The quantitative estimate of drug-likeness (QED) is 0.432. The minimum absolute atomic E-state index is 0.527.